The molecule has 1 aromatic heterocycles. The fourth-order valence-corrected chi connectivity index (χ4v) is 1.78. The van der Waals surface area contributed by atoms with Crippen LogP contribution in [0, 0.1) is 11.9 Å². The molecule has 1 aliphatic rings. The van der Waals surface area contributed by atoms with Crippen LogP contribution in [-0.4, -0.2) is 11.0 Å². The van der Waals surface area contributed by atoms with Gasteiger partial charge in [-0.3, -0.25) is 0 Å². The normalized spacial score (nSPS) is 18.7. The Kier molecular flexibility index (Phi) is 2.66. The molecule has 3 heteroatoms. The van der Waals surface area contributed by atoms with E-state index in [1.54, 1.807) is 12.1 Å². The van der Waals surface area contributed by atoms with Gasteiger partial charge in [-0.1, -0.05) is 12.5 Å². The van der Waals surface area contributed by atoms with Crippen LogP contribution in [0.15, 0.2) is 18.2 Å². The Hall–Kier alpha value is -1.12. The van der Waals surface area contributed by atoms with Gasteiger partial charge in [-0.05, 0) is 37.8 Å². The second-order valence-electron chi connectivity index (χ2n) is 3.97. The van der Waals surface area contributed by atoms with Crippen LogP contribution in [0.25, 0.3) is 0 Å². The third kappa shape index (κ3) is 2.03. The van der Waals surface area contributed by atoms with Gasteiger partial charge in [0.2, 0.25) is 5.95 Å². The molecule has 1 heterocycles. The molecule has 1 saturated carbocycles. The summed E-state index contributed by atoms with van der Waals surface area (Å²) in [6, 6.07) is 5.24. The summed E-state index contributed by atoms with van der Waals surface area (Å²) in [5, 5.41) is 3.23. The fourth-order valence-electron chi connectivity index (χ4n) is 1.78. The zero-order valence-corrected chi connectivity index (χ0v) is 8.33. The van der Waals surface area contributed by atoms with Gasteiger partial charge in [-0.15, -0.1) is 0 Å². The van der Waals surface area contributed by atoms with E-state index in [9.17, 15) is 4.39 Å². The monoisotopic (exact) mass is 194 g/mol. The third-order valence-corrected chi connectivity index (χ3v) is 2.95. The minimum Gasteiger partial charge on any atom is -0.367 e. The van der Waals surface area contributed by atoms with Gasteiger partial charge >= 0.3 is 0 Å². The van der Waals surface area contributed by atoms with E-state index in [1.807, 2.05) is 0 Å². The molecule has 0 bridgehead atoms. The predicted octanol–water partition coefficient (Wildman–Crippen LogP) is 2.82. The maximum absolute atomic E-state index is 12.8. The Balaban J connectivity index is 1.95. The van der Waals surface area contributed by atoms with Crippen molar-refractivity contribution in [2.75, 3.05) is 5.32 Å². The van der Waals surface area contributed by atoms with Crippen LogP contribution in [0.2, 0.25) is 0 Å². The van der Waals surface area contributed by atoms with Crippen molar-refractivity contribution in [2.45, 2.75) is 32.2 Å². The Bertz CT molecular complexity index is 310. The second kappa shape index (κ2) is 3.95. The van der Waals surface area contributed by atoms with E-state index in [0.717, 1.165) is 5.92 Å². The molecular weight excluding hydrogens is 179 g/mol. The first kappa shape index (κ1) is 9.44. The summed E-state index contributed by atoms with van der Waals surface area (Å²) in [6.45, 7) is 2.14. The van der Waals surface area contributed by atoms with Gasteiger partial charge in [0.1, 0.15) is 5.82 Å². The minimum atomic E-state index is -0.421. The number of halogens is 1. The molecule has 2 rings (SSSR count). The lowest BCUT2D eigenvalue weighted by Crippen LogP contribution is -2.31. The zero-order chi connectivity index (χ0) is 9.97. The van der Waals surface area contributed by atoms with Crippen LogP contribution >= 0.6 is 0 Å². The molecular formula is C11H15FN2. The molecule has 2 nitrogen and oxygen atoms in total. The van der Waals surface area contributed by atoms with Crippen LogP contribution in [0.5, 0.6) is 0 Å². The lowest BCUT2D eigenvalue weighted by Gasteiger charge is -2.32. The van der Waals surface area contributed by atoms with Gasteiger partial charge < -0.3 is 5.32 Å². The minimum absolute atomic E-state index is 0.401. The highest BCUT2D eigenvalue weighted by Crippen LogP contribution is 2.30. The average Bonchev–Trinajstić information content (AvgIpc) is 1.99. The van der Waals surface area contributed by atoms with E-state index in [4.69, 9.17) is 0 Å². The number of pyridine rings is 1. The number of aromatic nitrogens is 1. The summed E-state index contributed by atoms with van der Waals surface area (Å²) in [5.41, 5.74) is 0. The van der Waals surface area contributed by atoms with E-state index in [-0.39, 0.29) is 0 Å². The molecule has 0 aliphatic heterocycles. The average molecular weight is 194 g/mol. The fraction of sp³-hybridized carbons (Fsp3) is 0.545. The van der Waals surface area contributed by atoms with Crippen molar-refractivity contribution in [3.8, 4) is 0 Å². The summed E-state index contributed by atoms with van der Waals surface area (Å²) in [6.07, 6.45) is 3.89. The molecule has 1 aromatic rings. The molecule has 0 radical (unpaired) electrons. The highest BCUT2D eigenvalue weighted by molar-refractivity contribution is 5.34. The summed E-state index contributed by atoms with van der Waals surface area (Å²) in [7, 11) is 0. The molecule has 1 fully saturated rings. The van der Waals surface area contributed by atoms with E-state index >= 15 is 0 Å². The second-order valence-corrected chi connectivity index (χ2v) is 3.97. The van der Waals surface area contributed by atoms with Crippen molar-refractivity contribution >= 4 is 5.82 Å². The van der Waals surface area contributed by atoms with Crippen LogP contribution < -0.4 is 5.32 Å². The third-order valence-electron chi connectivity index (χ3n) is 2.95. The molecule has 1 unspecified atom stereocenters. The lowest BCUT2D eigenvalue weighted by atomic mass is 9.80. The highest BCUT2D eigenvalue weighted by atomic mass is 19.1. The highest BCUT2D eigenvalue weighted by Gasteiger charge is 2.23. The first-order valence-corrected chi connectivity index (χ1v) is 5.15. The smallest absolute Gasteiger partial charge is 0.214 e. The van der Waals surface area contributed by atoms with Crippen molar-refractivity contribution in [2.24, 2.45) is 5.92 Å². The van der Waals surface area contributed by atoms with E-state index < -0.39 is 5.95 Å². The van der Waals surface area contributed by atoms with Crippen molar-refractivity contribution in [1.82, 2.24) is 4.98 Å². The molecule has 14 heavy (non-hydrogen) atoms. The molecule has 1 atom stereocenters. The van der Waals surface area contributed by atoms with Gasteiger partial charge in [0, 0.05) is 6.04 Å². The van der Waals surface area contributed by atoms with Gasteiger partial charge in [0.25, 0.3) is 0 Å². The van der Waals surface area contributed by atoms with Gasteiger partial charge in [-0.25, -0.2) is 4.98 Å². The SMILES string of the molecule is CC(Nc1cccc(F)n1)C1CCC1. The summed E-state index contributed by atoms with van der Waals surface area (Å²) in [4.78, 5) is 3.78. The van der Waals surface area contributed by atoms with E-state index in [1.165, 1.54) is 25.3 Å². The summed E-state index contributed by atoms with van der Waals surface area (Å²) >= 11 is 0. The Labute approximate surface area is 83.6 Å². The summed E-state index contributed by atoms with van der Waals surface area (Å²) in [5.74, 6) is 0.959. The number of hydrogen-bond acceptors (Lipinski definition) is 2. The van der Waals surface area contributed by atoms with Crippen molar-refractivity contribution in [3.05, 3.63) is 24.1 Å². The molecule has 0 aromatic carbocycles. The summed E-state index contributed by atoms with van der Waals surface area (Å²) < 4.78 is 12.8. The van der Waals surface area contributed by atoms with Crippen molar-refractivity contribution in [3.63, 3.8) is 0 Å². The first-order chi connectivity index (χ1) is 6.75. The molecule has 1 aliphatic carbocycles. The number of anilines is 1. The maximum Gasteiger partial charge on any atom is 0.214 e. The first-order valence-electron chi connectivity index (χ1n) is 5.15. The molecule has 1 N–H and O–H groups in total. The number of nitrogens with one attached hydrogen (secondary N) is 1. The van der Waals surface area contributed by atoms with Crippen LogP contribution in [0.1, 0.15) is 26.2 Å². The molecule has 0 saturated heterocycles. The van der Waals surface area contributed by atoms with Crippen LogP contribution in [-0.2, 0) is 0 Å². The predicted molar refractivity (Wildman–Crippen MR) is 54.6 cm³/mol. The molecule has 0 spiro atoms. The van der Waals surface area contributed by atoms with Gasteiger partial charge in [0.15, 0.2) is 0 Å². The largest absolute Gasteiger partial charge is 0.367 e. The Morgan fingerprint density at radius 3 is 2.86 bits per heavy atom. The molecule has 76 valence electrons. The standard InChI is InChI=1S/C11H15FN2/c1-8(9-4-2-5-9)13-11-7-3-6-10(12)14-11/h3,6-9H,2,4-5H2,1H3,(H,13,14). The lowest BCUT2D eigenvalue weighted by molar-refractivity contribution is 0.284. The Morgan fingerprint density at radius 2 is 2.29 bits per heavy atom. The van der Waals surface area contributed by atoms with Crippen LogP contribution in [0.3, 0.4) is 0 Å². The van der Waals surface area contributed by atoms with Crippen molar-refractivity contribution in [1.29, 1.82) is 0 Å². The number of nitrogens with zero attached hydrogens (tertiary/aromatic N) is 1. The van der Waals surface area contributed by atoms with Crippen LogP contribution in [0.4, 0.5) is 10.2 Å². The van der Waals surface area contributed by atoms with Gasteiger partial charge in [-0.2, -0.15) is 4.39 Å². The van der Waals surface area contributed by atoms with E-state index in [2.05, 4.69) is 17.2 Å². The zero-order valence-electron chi connectivity index (χ0n) is 8.33. The van der Waals surface area contributed by atoms with E-state index in [0.29, 0.717) is 11.9 Å². The van der Waals surface area contributed by atoms with Gasteiger partial charge in [0.05, 0.1) is 0 Å². The maximum atomic E-state index is 12.8. The molecule has 0 amide bonds. The quantitative estimate of drug-likeness (QED) is 0.748. The van der Waals surface area contributed by atoms with Crippen molar-refractivity contribution < 1.29 is 4.39 Å². The Morgan fingerprint density at radius 1 is 1.50 bits per heavy atom. The number of rotatable bonds is 3. The number of hydrogen-bond donors (Lipinski definition) is 1. The topological polar surface area (TPSA) is 24.9 Å².